The molecule has 0 rings (SSSR count). The second kappa shape index (κ2) is 9.61. The number of hydrogen-bond acceptors (Lipinski definition) is 3. The first-order valence-corrected chi connectivity index (χ1v) is 7.41. The molecule has 0 aliphatic rings. The number of hydrogen-bond donors (Lipinski definition) is 2. The van der Waals surface area contributed by atoms with Gasteiger partial charge in [-0.05, 0) is 33.1 Å². The summed E-state index contributed by atoms with van der Waals surface area (Å²) in [6.45, 7) is 11.0. The van der Waals surface area contributed by atoms with Gasteiger partial charge in [-0.25, -0.2) is 0 Å². The summed E-state index contributed by atoms with van der Waals surface area (Å²) in [5.41, 5.74) is -0.452. The summed E-state index contributed by atoms with van der Waals surface area (Å²) in [5, 5.41) is 6.15. The molecule has 0 saturated carbocycles. The SMILES string of the molecule is CN=C(NCCCCC(C)C)NCC(=O)OC(C)(C)C. The lowest BCUT2D eigenvalue weighted by Gasteiger charge is -2.20. The van der Waals surface area contributed by atoms with Gasteiger partial charge in [0.05, 0.1) is 0 Å². The van der Waals surface area contributed by atoms with Gasteiger partial charge in [0.2, 0.25) is 0 Å². The Morgan fingerprint density at radius 3 is 2.35 bits per heavy atom. The third kappa shape index (κ3) is 11.8. The zero-order valence-electron chi connectivity index (χ0n) is 13.9. The van der Waals surface area contributed by atoms with E-state index in [1.54, 1.807) is 7.05 Å². The summed E-state index contributed by atoms with van der Waals surface area (Å²) >= 11 is 0. The number of unbranched alkanes of at least 4 members (excludes halogenated alkanes) is 1. The fraction of sp³-hybridized carbons (Fsp3) is 0.867. The Bertz CT molecular complexity index is 307. The smallest absolute Gasteiger partial charge is 0.325 e. The molecule has 5 heteroatoms. The maximum atomic E-state index is 11.6. The molecule has 0 heterocycles. The van der Waals surface area contributed by atoms with Gasteiger partial charge in [-0.1, -0.05) is 26.7 Å². The van der Waals surface area contributed by atoms with Crippen LogP contribution in [-0.4, -0.2) is 37.7 Å². The first-order chi connectivity index (χ1) is 9.24. The van der Waals surface area contributed by atoms with Gasteiger partial charge in [0.25, 0.3) is 0 Å². The average Bonchev–Trinajstić information content (AvgIpc) is 2.30. The van der Waals surface area contributed by atoms with Gasteiger partial charge < -0.3 is 15.4 Å². The predicted octanol–water partition coefficient (Wildman–Crippen LogP) is 2.32. The molecule has 20 heavy (non-hydrogen) atoms. The number of ether oxygens (including phenoxy) is 1. The summed E-state index contributed by atoms with van der Waals surface area (Å²) in [5.74, 6) is 1.11. The van der Waals surface area contributed by atoms with Gasteiger partial charge in [0.1, 0.15) is 12.1 Å². The Hall–Kier alpha value is -1.26. The van der Waals surface area contributed by atoms with E-state index in [1.807, 2.05) is 20.8 Å². The van der Waals surface area contributed by atoms with Crippen molar-refractivity contribution in [2.24, 2.45) is 10.9 Å². The molecule has 0 aliphatic carbocycles. The van der Waals surface area contributed by atoms with Crippen LogP contribution < -0.4 is 10.6 Å². The Morgan fingerprint density at radius 1 is 1.20 bits per heavy atom. The molecule has 0 aromatic carbocycles. The number of guanidine groups is 1. The van der Waals surface area contributed by atoms with Crippen LogP contribution in [-0.2, 0) is 9.53 Å². The number of rotatable bonds is 7. The van der Waals surface area contributed by atoms with Gasteiger partial charge in [0, 0.05) is 13.6 Å². The van der Waals surface area contributed by atoms with Crippen molar-refractivity contribution in [3.8, 4) is 0 Å². The van der Waals surface area contributed by atoms with Crippen LogP contribution in [0, 0.1) is 5.92 Å². The van der Waals surface area contributed by atoms with Crippen molar-refractivity contribution in [1.82, 2.24) is 10.6 Å². The van der Waals surface area contributed by atoms with Crippen molar-refractivity contribution in [2.45, 2.75) is 59.5 Å². The molecule has 0 saturated heterocycles. The highest BCUT2D eigenvalue weighted by molar-refractivity contribution is 5.84. The Labute approximate surface area is 123 Å². The lowest BCUT2D eigenvalue weighted by molar-refractivity contribution is -0.153. The molecule has 0 unspecified atom stereocenters. The highest BCUT2D eigenvalue weighted by Gasteiger charge is 2.16. The minimum Gasteiger partial charge on any atom is -0.459 e. The molecule has 118 valence electrons. The van der Waals surface area contributed by atoms with Gasteiger partial charge >= 0.3 is 5.97 Å². The zero-order valence-corrected chi connectivity index (χ0v) is 13.9. The van der Waals surface area contributed by atoms with E-state index in [0.717, 1.165) is 18.9 Å². The number of carbonyl (C=O) groups is 1. The highest BCUT2D eigenvalue weighted by atomic mass is 16.6. The summed E-state index contributed by atoms with van der Waals surface area (Å²) in [7, 11) is 1.69. The van der Waals surface area contributed by atoms with E-state index in [1.165, 1.54) is 12.8 Å². The van der Waals surface area contributed by atoms with Crippen LogP contribution in [0.1, 0.15) is 53.9 Å². The van der Waals surface area contributed by atoms with Gasteiger partial charge in [-0.2, -0.15) is 0 Å². The lowest BCUT2D eigenvalue weighted by Crippen LogP contribution is -2.42. The molecule has 0 radical (unpaired) electrons. The fourth-order valence-electron chi connectivity index (χ4n) is 1.64. The van der Waals surface area contributed by atoms with Crippen LogP contribution in [0.15, 0.2) is 4.99 Å². The minimum atomic E-state index is -0.452. The monoisotopic (exact) mass is 285 g/mol. The molecule has 5 nitrogen and oxygen atoms in total. The van der Waals surface area contributed by atoms with Crippen molar-refractivity contribution in [3.05, 3.63) is 0 Å². The quantitative estimate of drug-likeness (QED) is 0.326. The molecular formula is C15H31N3O2. The molecule has 0 fully saturated rings. The van der Waals surface area contributed by atoms with E-state index in [0.29, 0.717) is 5.96 Å². The lowest BCUT2D eigenvalue weighted by atomic mass is 10.1. The van der Waals surface area contributed by atoms with E-state index in [-0.39, 0.29) is 12.5 Å². The van der Waals surface area contributed by atoms with Crippen LogP contribution in [0.2, 0.25) is 0 Å². The zero-order chi connectivity index (χ0) is 15.6. The molecule has 0 amide bonds. The summed E-state index contributed by atoms with van der Waals surface area (Å²) in [6.07, 6.45) is 3.55. The number of nitrogens with zero attached hydrogens (tertiary/aromatic N) is 1. The van der Waals surface area contributed by atoms with Gasteiger partial charge in [0.15, 0.2) is 5.96 Å². The Morgan fingerprint density at radius 2 is 1.85 bits per heavy atom. The van der Waals surface area contributed by atoms with Gasteiger partial charge in [-0.15, -0.1) is 0 Å². The molecule has 0 aromatic heterocycles. The standard InChI is InChI=1S/C15H31N3O2/c1-12(2)9-7-8-10-17-14(16-6)18-11-13(19)20-15(3,4)5/h12H,7-11H2,1-6H3,(H2,16,17,18). The average molecular weight is 285 g/mol. The van der Waals surface area contributed by atoms with Crippen LogP contribution in [0.4, 0.5) is 0 Å². The van der Waals surface area contributed by atoms with E-state index < -0.39 is 5.60 Å². The van der Waals surface area contributed by atoms with Gasteiger partial charge in [-0.3, -0.25) is 9.79 Å². The molecule has 0 atom stereocenters. The van der Waals surface area contributed by atoms with Crippen molar-refractivity contribution < 1.29 is 9.53 Å². The van der Waals surface area contributed by atoms with Crippen molar-refractivity contribution in [2.75, 3.05) is 20.1 Å². The predicted molar refractivity (Wildman–Crippen MR) is 83.9 cm³/mol. The first-order valence-electron chi connectivity index (χ1n) is 7.41. The number of aliphatic imine (C=N–C) groups is 1. The van der Waals surface area contributed by atoms with Crippen LogP contribution in [0.25, 0.3) is 0 Å². The third-order valence-electron chi connectivity index (χ3n) is 2.54. The Balaban J connectivity index is 3.80. The second-order valence-electron chi connectivity index (χ2n) is 6.33. The minimum absolute atomic E-state index is 0.128. The number of carbonyl (C=O) groups excluding carboxylic acids is 1. The Kier molecular flexibility index (Phi) is 9.01. The first kappa shape index (κ1) is 18.7. The van der Waals surface area contributed by atoms with E-state index >= 15 is 0 Å². The third-order valence-corrected chi connectivity index (χ3v) is 2.54. The molecule has 0 bridgehead atoms. The maximum Gasteiger partial charge on any atom is 0.325 e. The summed E-state index contributed by atoms with van der Waals surface area (Å²) in [4.78, 5) is 15.6. The summed E-state index contributed by atoms with van der Waals surface area (Å²) < 4.78 is 5.22. The van der Waals surface area contributed by atoms with Crippen LogP contribution in [0.5, 0.6) is 0 Å². The molecule has 0 spiro atoms. The van der Waals surface area contributed by atoms with E-state index in [4.69, 9.17) is 4.74 Å². The molecule has 0 aromatic rings. The highest BCUT2D eigenvalue weighted by Crippen LogP contribution is 2.06. The summed E-state index contributed by atoms with van der Waals surface area (Å²) in [6, 6.07) is 0. The molecule has 2 N–H and O–H groups in total. The number of nitrogens with one attached hydrogen (secondary N) is 2. The maximum absolute atomic E-state index is 11.6. The largest absolute Gasteiger partial charge is 0.459 e. The van der Waals surface area contributed by atoms with Crippen LogP contribution in [0.3, 0.4) is 0 Å². The molecule has 0 aliphatic heterocycles. The molecular weight excluding hydrogens is 254 g/mol. The van der Waals surface area contributed by atoms with Crippen molar-refractivity contribution in [1.29, 1.82) is 0 Å². The number of esters is 1. The van der Waals surface area contributed by atoms with E-state index in [2.05, 4.69) is 29.5 Å². The van der Waals surface area contributed by atoms with E-state index in [9.17, 15) is 4.79 Å². The fourth-order valence-corrected chi connectivity index (χ4v) is 1.64. The van der Waals surface area contributed by atoms with Crippen molar-refractivity contribution >= 4 is 11.9 Å². The van der Waals surface area contributed by atoms with Crippen LogP contribution >= 0.6 is 0 Å². The van der Waals surface area contributed by atoms with Crippen molar-refractivity contribution in [3.63, 3.8) is 0 Å². The topological polar surface area (TPSA) is 62.7 Å². The second-order valence-corrected chi connectivity index (χ2v) is 6.33. The normalized spacial score (nSPS) is 12.4.